The highest BCUT2D eigenvalue weighted by Gasteiger charge is 2.39. The van der Waals surface area contributed by atoms with Gasteiger partial charge in [-0.1, -0.05) is 12.1 Å². The lowest BCUT2D eigenvalue weighted by atomic mass is 10.1. The fraction of sp³-hybridized carbons (Fsp3) is 0. The summed E-state index contributed by atoms with van der Waals surface area (Å²) < 4.78 is 8.64. The lowest BCUT2D eigenvalue weighted by molar-refractivity contribution is 0.0918. The lowest BCUT2D eigenvalue weighted by Gasteiger charge is -2.04. The van der Waals surface area contributed by atoms with Gasteiger partial charge in [-0.15, -0.1) is 0 Å². The van der Waals surface area contributed by atoms with Gasteiger partial charge in [0.15, 0.2) is 0 Å². The summed E-state index contributed by atoms with van der Waals surface area (Å²) in [6.45, 7) is 0. The average Bonchev–Trinajstić information content (AvgIpc) is 2.84. The van der Waals surface area contributed by atoms with Crippen LogP contribution in [-0.2, 0) is 0 Å². The third-order valence-corrected chi connectivity index (χ3v) is 2.36. The van der Waals surface area contributed by atoms with Gasteiger partial charge in [-0.3, -0.25) is 14.1 Å². The van der Waals surface area contributed by atoms with E-state index in [2.05, 4.69) is 14.1 Å². The number of carbonyl (C=O) groups is 2. The number of hydrogen-bond donors (Lipinski definition) is 0. The van der Waals surface area contributed by atoms with E-state index in [1.54, 1.807) is 12.1 Å². The van der Waals surface area contributed by atoms with Gasteiger partial charge in [-0.25, -0.2) is 4.79 Å². The van der Waals surface area contributed by atoms with Crippen molar-refractivity contribution in [1.82, 2.24) is 5.16 Å². The zero-order chi connectivity index (χ0) is 12.0. The Labute approximate surface area is 93.2 Å². The van der Waals surface area contributed by atoms with Crippen molar-refractivity contribution < 1.29 is 18.5 Å². The van der Waals surface area contributed by atoms with Crippen LogP contribution in [0.4, 0.5) is 6.01 Å². The number of carbonyl (C=O) groups excluding carboxylic acids is 2. The molecule has 84 valence electrons. The fourth-order valence-electron chi connectivity index (χ4n) is 1.64. The van der Waals surface area contributed by atoms with Crippen LogP contribution in [0.2, 0.25) is 0 Å². The summed E-state index contributed by atoms with van der Waals surface area (Å²) >= 11 is 0. The molecule has 0 spiro atoms. The van der Waals surface area contributed by atoms with Crippen LogP contribution in [0.25, 0.3) is 0 Å². The molecule has 17 heavy (non-hydrogen) atoms. The Morgan fingerprint density at radius 1 is 1.00 bits per heavy atom. The van der Waals surface area contributed by atoms with E-state index in [1.165, 1.54) is 12.1 Å². The molecule has 0 bridgehead atoms. The SMILES string of the molecule is O=C1c2ccccc2C(=O)N1c1noc(=O)o1. The zero-order valence-corrected chi connectivity index (χ0v) is 8.25. The Hall–Kier alpha value is -2.70. The first kappa shape index (κ1) is 9.52. The number of amides is 2. The third-order valence-electron chi connectivity index (χ3n) is 2.36. The van der Waals surface area contributed by atoms with Crippen molar-refractivity contribution in [2.75, 3.05) is 4.90 Å². The molecule has 0 unspecified atom stereocenters. The fourth-order valence-corrected chi connectivity index (χ4v) is 1.64. The summed E-state index contributed by atoms with van der Waals surface area (Å²) in [5, 5.41) is 3.21. The minimum absolute atomic E-state index is 0.239. The van der Waals surface area contributed by atoms with Crippen LogP contribution < -0.4 is 10.7 Å². The smallest absolute Gasteiger partial charge is 0.355 e. The van der Waals surface area contributed by atoms with Crippen molar-refractivity contribution in [2.45, 2.75) is 0 Å². The van der Waals surface area contributed by atoms with Crippen LogP contribution in [0.5, 0.6) is 0 Å². The molecule has 0 saturated carbocycles. The van der Waals surface area contributed by atoms with Gasteiger partial charge < -0.3 is 4.42 Å². The molecule has 2 aromatic rings. The van der Waals surface area contributed by atoms with Gasteiger partial charge in [0.05, 0.1) is 11.1 Å². The second kappa shape index (κ2) is 3.14. The highest BCUT2D eigenvalue weighted by molar-refractivity contribution is 6.33. The van der Waals surface area contributed by atoms with Gasteiger partial charge in [-0.05, 0) is 17.3 Å². The molecule has 2 heterocycles. The van der Waals surface area contributed by atoms with E-state index in [-0.39, 0.29) is 11.1 Å². The minimum atomic E-state index is -1.07. The van der Waals surface area contributed by atoms with Gasteiger partial charge in [-0.2, -0.15) is 4.90 Å². The van der Waals surface area contributed by atoms with Crippen molar-refractivity contribution in [3.8, 4) is 0 Å². The van der Waals surface area contributed by atoms with Crippen LogP contribution in [0.3, 0.4) is 0 Å². The number of imide groups is 1. The number of aromatic nitrogens is 1. The average molecular weight is 232 g/mol. The van der Waals surface area contributed by atoms with Crippen LogP contribution in [0, 0.1) is 0 Å². The molecule has 0 fully saturated rings. The molecule has 1 aliphatic heterocycles. The number of hydrogen-bond acceptors (Lipinski definition) is 6. The molecule has 0 saturated heterocycles. The van der Waals surface area contributed by atoms with E-state index in [0.29, 0.717) is 4.90 Å². The summed E-state index contributed by atoms with van der Waals surface area (Å²) in [5.74, 6) is -2.26. The monoisotopic (exact) mass is 232 g/mol. The number of nitrogens with zero attached hydrogens (tertiary/aromatic N) is 2. The lowest BCUT2D eigenvalue weighted by Crippen LogP contribution is -2.29. The topological polar surface area (TPSA) is 93.6 Å². The summed E-state index contributed by atoms with van der Waals surface area (Å²) in [6, 6.07) is 5.82. The molecule has 1 aliphatic rings. The molecular weight excluding hydrogens is 228 g/mol. The van der Waals surface area contributed by atoms with Crippen LogP contribution >= 0.6 is 0 Å². The molecule has 0 N–H and O–H groups in total. The normalized spacial score (nSPS) is 14.2. The molecule has 1 aromatic heterocycles. The van der Waals surface area contributed by atoms with E-state index in [0.717, 1.165) is 0 Å². The molecule has 7 nitrogen and oxygen atoms in total. The van der Waals surface area contributed by atoms with Crippen LogP contribution in [-0.4, -0.2) is 17.0 Å². The zero-order valence-electron chi connectivity index (χ0n) is 8.25. The van der Waals surface area contributed by atoms with Crippen molar-refractivity contribution in [3.63, 3.8) is 0 Å². The van der Waals surface area contributed by atoms with E-state index in [9.17, 15) is 14.4 Å². The molecule has 7 heteroatoms. The van der Waals surface area contributed by atoms with Crippen LogP contribution in [0.1, 0.15) is 20.7 Å². The Morgan fingerprint density at radius 2 is 1.59 bits per heavy atom. The standard InChI is InChI=1S/C10H4N2O5/c13-7-5-3-1-2-4-6(5)8(14)12(7)9-11-17-10(15)16-9/h1-4H. The van der Waals surface area contributed by atoms with Gasteiger partial charge >= 0.3 is 11.8 Å². The molecule has 2 amide bonds. The molecule has 1 aromatic carbocycles. The molecule has 0 radical (unpaired) electrons. The predicted octanol–water partition coefficient (Wildman–Crippen LogP) is 0.428. The summed E-state index contributed by atoms with van der Waals surface area (Å²) in [5.41, 5.74) is 0.478. The Balaban J connectivity index is 2.15. The highest BCUT2D eigenvalue weighted by Crippen LogP contribution is 2.25. The van der Waals surface area contributed by atoms with E-state index in [4.69, 9.17) is 0 Å². The summed E-state index contributed by atoms with van der Waals surface area (Å²) in [6.07, 6.45) is 0. The Morgan fingerprint density at radius 3 is 2.06 bits per heavy atom. The largest absolute Gasteiger partial charge is 0.543 e. The summed E-state index contributed by atoms with van der Waals surface area (Å²) in [4.78, 5) is 35.1. The van der Waals surface area contributed by atoms with Crippen molar-refractivity contribution in [3.05, 3.63) is 46.0 Å². The first-order chi connectivity index (χ1) is 8.18. The van der Waals surface area contributed by atoms with Crippen molar-refractivity contribution in [2.24, 2.45) is 0 Å². The van der Waals surface area contributed by atoms with E-state index in [1.807, 2.05) is 0 Å². The number of benzene rings is 1. The van der Waals surface area contributed by atoms with Crippen molar-refractivity contribution in [1.29, 1.82) is 0 Å². The maximum Gasteiger partial charge on any atom is 0.543 e. The van der Waals surface area contributed by atoms with E-state index >= 15 is 0 Å². The van der Waals surface area contributed by atoms with Crippen LogP contribution in [0.15, 0.2) is 38.0 Å². The third kappa shape index (κ3) is 1.22. The first-order valence-corrected chi connectivity index (χ1v) is 4.63. The Kier molecular flexibility index (Phi) is 1.76. The maximum absolute atomic E-state index is 11.9. The van der Waals surface area contributed by atoms with Gasteiger partial charge in [0.25, 0.3) is 11.8 Å². The summed E-state index contributed by atoms with van der Waals surface area (Å²) in [7, 11) is 0. The predicted molar refractivity (Wildman–Crippen MR) is 52.6 cm³/mol. The highest BCUT2D eigenvalue weighted by atomic mass is 16.6. The quantitative estimate of drug-likeness (QED) is 0.661. The van der Waals surface area contributed by atoms with Gasteiger partial charge in [0.2, 0.25) is 0 Å². The second-order valence-corrected chi connectivity index (χ2v) is 3.31. The van der Waals surface area contributed by atoms with Gasteiger partial charge in [0.1, 0.15) is 0 Å². The number of anilines is 1. The first-order valence-electron chi connectivity index (χ1n) is 4.63. The number of fused-ring (bicyclic) bond motifs is 1. The molecular formula is C10H4N2O5. The molecule has 3 rings (SSSR count). The van der Waals surface area contributed by atoms with Crippen molar-refractivity contribution >= 4 is 17.8 Å². The maximum atomic E-state index is 11.9. The van der Waals surface area contributed by atoms with Gasteiger partial charge in [0, 0.05) is 0 Å². The second-order valence-electron chi connectivity index (χ2n) is 3.31. The molecule has 0 atom stereocenters. The molecule has 0 aliphatic carbocycles. The van der Waals surface area contributed by atoms with E-state index < -0.39 is 23.7 Å². The Bertz CT molecular complexity index is 649. The number of rotatable bonds is 1. The minimum Gasteiger partial charge on any atom is -0.355 e.